The van der Waals surface area contributed by atoms with Crippen molar-refractivity contribution in [2.75, 3.05) is 11.9 Å². The van der Waals surface area contributed by atoms with Crippen LogP contribution in [0.5, 0.6) is 0 Å². The molecule has 0 radical (unpaired) electrons. The summed E-state index contributed by atoms with van der Waals surface area (Å²) in [5, 5.41) is 3.22. The number of hydrogen-bond donors (Lipinski definition) is 1. The summed E-state index contributed by atoms with van der Waals surface area (Å²) in [6.07, 6.45) is 1.79. The molecular weight excluding hydrogens is 302 g/mol. The van der Waals surface area contributed by atoms with Crippen LogP contribution in [0, 0.1) is 0 Å². The number of rotatable bonds is 4. The summed E-state index contributed by atoms with van der Waals surface area (Å²) in [4.78, 5) is 8.91. The molecule has 0 saturated heterocycles. The summed E-state index contributed by atoms with van der Waals surface area (Å²) in [6, 6.07) is 8.43. The molecule has 2 aromatic rings. The Morgan fingerprint density at radius 1 is 1.21 bits per heavy atom. The third kappa shape index (κ3) is 3.32. The van der Waals surface area contributed by atoms with E-state index in [1.807, 2.05) is 6.92 Å². The lowest BCUT2D eigenvalue weighted by molar-refractivity contribution is 0.867. The molecule has 1 heterocycles. The van der Waals surface area contributed by atoms with E-state index in [4.69, 9.17) is 0 Å². The number of nitrogens with zero attached hydrogens (tertiary/aromatic N) is 2. The zero-order chi connectivity index (χ0) is 13.8. The Morgan fingerprint density at radius 3 is 2.47 bits per heavy atom. The lowest BCUT2D eigenvalue weighted by Crippen LogP contribution is -2.02. The first kappa shape index (κ1) is 14.0. The van der Waals surface area contributed by atoms with E-state index in [-0.39, 0.29) is 0 Å². The fourth-order valence-corrected chi connectivity index (χ4v) is 2.15. The highest BCUT2D eigenvalue weighted by molar-refractivity contribution is 9.10. The first-order valence-corrected chi connectivity index (χ1v) is 7.28. The highest BCUT2D eigenvalue weighted by Gasteiger charge is 2.07. The molecule has 1 aromatic carbocycles. The lowest BCUT2D eigenvalue weighted by atomic mass is 10.0. The highest BCUT2D eigenvalue weighted by Crippen LogP contribution is 2.24. The minimum atomic E-state index is 0.539. The fraction of sp³-hybridized carbons (Fsp3) is 0.333. The SMILES string of the molecule is CCNc1nc(-c2ccc(C(C)C)cc2)ncc1Br. The maximum absolute atomic E-state index is 4.54. The van der Waals surface area contributed by atoms with Gasteiger partial charge in [-0.05, 0) is 34.3 Å². The van der Waals surface area contributed by atoms with Crippen LogP contribution in [0.15, 0.2) is 34.9 Å². The molecule has 4 heteroatoms. The number of benzene rings is 1. The van der Waals surface area contributed by atoms with Crippen LogP contribution in [0.4, 0.5) is 5.82 Å². The van der Waals surface area contributed by atoms with Crippen molar-refractivity contribution in [1.29, 1.82) is 0 Å². The molecule has 1 aromatic heterocycles. The fourth-order valence-electron chi connectivity index (χ4n) is 1.81. The Balaban J connectivity index is 2.33. The number of anilines is 1. The van der Waals surface area contributed by atoms with Gasteiger partial charge in [-0.15, -0.1) is 0 Å². The second-order valence-corrected chi connectivity index (χ2v) is 5.55. The minimum Gasteiger partial charge on any atom is -0.369 e. The molecule has 1 N–H and O–H groups in total. The van der Waals surface area contributed by atoms with Crippen LogP contribution < -0.4 is 5.32 Å². The molecule has 0 aliphatic heterocycles. The van der Waals surface area contributed by atoms with Crippen molar-refractivity contribution in [3.8, 4) is 11.4 Å². The Kier molecular flexibility index (Phi) is 4.53. The van der Waals surface area contributed by atoms with Gasteiger partial charge >= 0.3 is 0 Å². The van der Waals surface area contributed by atoms with Gasteiger partial charge in [0.2, 0.25) is 0 Å². The Hall–Kier alpha value is -1.42. The molecule has 0 amide bonds. The molecule has 100 valence electrons. The summed E-state index contributed by atoms with van der Waals surface area (Å²) in [7, 11) is 0. The zero-order valence-corrected chi connectivity index (χ0v) is 13.0. The first-order chi connectivity index (χ1) is 9.11. The van der Waals surface area contributed by atoms with E-state index < -0.39 is 0 Å². The molecule has 0 aliphatic carbocycles. The number of halogens is 1. The van der Waals surface area contributed by atoms with Crippen molar-refractivity contribution in [2.45, 2.75) is 26.7 Å². The van der Waals surface area contributed by atoms with Gasteiger partial charge in [0, 0.05) is 18.3 Å². The van der Waals surface area contributed by atoms with Crippen molar-refractivity contribution in [2.24, 2.45) is 0 Å². The van der Waals surface area contributed by atoms with Crippen molar-refractivity contribution >= 4 is 21.7 Å². The van der Waals surface area contributed by atoms with E-state index in [9.17, 15) is 0 Å². The molecule has 2 rings (SSSR count). The predicted octanol–water partition coefficient (Wildman–Crippen LogP) is 4.46. The van der Waals surface area contributed by atoms with E-state index in [0.29, 0.717) is 5.92 Å². The smallest absolute Gasteiger partial charge is 0.161 e. The molecule has 0 unspecified atom stereocenters. The lowest BCUT2D eigenvalue weighted by Gasteiger charge is -2.09. The van der Waals surface area contributed by atoms with Gasteiger partial charge in [-0.1, -0.05) is 38.1 Å². The van der Waals surface area contributed by atoms with Crippen molar-refractivity contribution < 1.29 is 0 Å². The molecule has 0 fully saturated rings. The third-order valence-electron chi connectivity index (χ3n) is 2.92. The van der Waals surface area contributed by atoms with Gasteiger partial charge in [0.25, 0.3) is 0 Å². The van der Waals surface area contributed by atoms with E-state index in [0.717, 1.165) is 28.2 Å². The van der Waals surface area contributed by atoms with Crippen LogP contribution in [0.2, 0.25) is 0 Å². The Bertz CT molecular complexity index is 550. The van der Waals surface area contributed by atoms with Gasteiger partial charge in [0.15, 0.2) is 5.82 Å². The quantitative estimate of drug-likeness (QED) is 0.904. The molecule has 0 spiro atoms. The summed E-state index contributed by atoms with van der Waals surface area (Å²) in [5.74, 6) is 2.12. The highest BCUT2D eigenvalue weighted by atomic mass is 79.9. The zero-order valence-electron chi connectivity index (χ0n) is 11.4. The second-order valence-electron chi connectivity index (χ2n) is 4.70. The summed E-state index contributed by atoms with van der Waals surface area (Å²) < 4.78 is 0.886. The molecule has 0 saturated carbocycles. The van der Waals surface area contributed by atoms with Gasteiger partial charge < -0.3 is 5.32 Å². The summed E-state index contributed by atoms with van der Waals surface area (Å²) >= 11 is 3.45. The number of hydrogen-bond acceptors (Lipinski definition) is 3. The topological polar surface area (TPSA) is 37.8 Å². The maximum Gasteiger partial charge on any atom is 0.161 e. The normalized spacial score (nSPS) is 10.8. The van der Waals surface area contributed by atoms with E-state index in [1.165, 1.54) is 5.56 Å². The molecule has 0 bridgehead atoms. The van der Waals surface area contributed by atoms with Crippen molar-refractivity contribution in [1.82, 2.24) is 9.97 Å². The Morgan fingerprint density at radius 2 is 1.89 bits per heavy atom. The van der Waals surface area contributed by atoms with Gasteiger partial charge in [0.1, 0.15) is 5.82 Å². The average molecular weight is 320 g/mol. The van der Waals surface area contributed by atoms with E-state index >= 15 is 0 Å². The van der Waals surface area contributed by atoms with Gasteiger partial charge in [0.05, 0.1) is 4.47 Å². The molecule has 3 nitrogen and oxygen atoms in total. The van der Waals surface area contributed by atoms with Crippen LogP contribution in [0.25, 0.3) is 11.4 Å². The van der Waals surface area contributed by atoms with Crippen LogP contribution >= 0.6 is 15.9 Å². The average Bonchev–Trinajstić information content (AvgIpc) is 2.41. The number of nitrogens with one attached hydrogen (secondary N) is 1. The maximum atomic E-state index is 4.54. The van der Waals surface area contributed by atoms with Gasteiger partial charge in [-0.25, -0.2) is 9.97 Å². The summed E-state index contributed by atoms with van der Waals surface area (Å²) in [6.45, 7) is 7.26. The Labute approximate surface area is 122 Å². The minimum absolute atomic E-state index is 0.539. The van der Waals surface area contributed by atoms with Crippen LogP contribution in [-0.2, 0) is 0 Å². The first-order valence-electron chi connectivity index (χ1n) is 6.48. The molecule has 0 atom stereocenters. The third-order valence-corrected chi connectivity index (χ3v) is 3.50. The monoisotopic (exact) mass is 319 g/mol. The standard InChI is InChI=1S/C15H18BrN3/c1-4-17-15-13(16)9-18-14(19-15)12-7-5-11(6-8-12)10(2)3/h5-10H,4H2,1-3H3,(H,17,18,19). The second kappa shape index (κ2) is 6.15. The van der Waals surface area contributed by atoms with E-state index in [2.05, 4.69) is 69.3 Å². The largest absolute Gasteiger partial charge is 0.369 e. The van der Waals surface area contributed by atoms with E-state index in [1.54, 1.807) is 6.20 Å². The summed E-state index contributed by atoms with van der Waals surface area (Å²) in [5.41, 5.74) is 2.36. The molecule has 19 heavy (non-hydrogen) atoms. The molecule has 0 aliphatic rings. The van der Waals surface area contributed by atoms with Crippen LogP contribution in [-0.4, -0.2) is 16.5 Å². The number of aromatic nitrogens is 2. The predicted molar refractivity (Wildman–Crippen MR) is 83.4 cm³/mol. The van der Waals surface area contributed by atoms with Crippen LogP contribution in [0.1, 0.15) is 32.3 Å². The van der Waals surface area contributed by atoms with Crippen LogP contribution in [0.3, 0.4) is 0 Å². The van der Waals surface area contributed by atoms with Gasteiger partial charge in [-0.2, -0.15) is 0 Å². The van der Waals surface area contributed by atoms with Crippen molar-refractivity contribution in [3.05, 3.63) is 40.5 Å². The molecular formula is C15H18BrN3. The van der Waals surface area contributed by atoms with Gasteiger partial charge in [-0.3, -0.25) is 0 Å². The van der Waals surface area contributed by atoms with Crippen molar-refractivity contribution in [3.63, 3.8) is 0 Å².